The zero-order chi connectivity index (χ0) is 10.8. The summed E-state index contributed by atoms with van der Waals surface area (Å²) in [7, 11) is 0. The Balaban J connectivity index is 2.07. The van der Waals surface area contributed by atoms with Crippen molar-refractivity contribution in [3.8, 4) is 0 Å². The van der Waals surface area contributed by atoms with Crippen molar-refractivity contribution in [1.29, 1.82) is 0 Å². The van der Waals surface area contributed by atoms with Gasteiger partial charge in [0.1, 0.15) is 5.82 Å². The second-order valence-electron chi connectivity index (χ2n) is 3.77. The molecular formula is C11H11Br2FS. The van der Waals surface area contributed by atoms with E-state index in [1.165, 1.54) is 23.1 Å². The minimum atomic E-state index is -0.185. The van der Waals surface area contributed by atoms with Crippen molar-refractivity contribution in [3.63, 3.8) is 0 Å². The molecule has 0 nitrogen and oxygen atoms in total. The number of rotatable bonds is 2. The Morgan fingerprint density at radius 3 is 2.80 bits per heavy atom. The summed E-state index contributed by atoms with van der Waals surface area (Å²) in [5, 5.41) is 0. The molecule has 82 valence electrons. The molecule has 0 aromatic heterocycles. The summed E-state index contributed by atoms with van der Waals surface area (Å²) in [5.74, 6) is 2.88. The maximum Gasteiger partial charge on any atom is 0.137 e. The lowest BCUT2D eigenvalue weighted by molar-refractivity contribution is 0.604. The summed E-state index contributed by atoms with van der Waals surface area (Å²) in [4.78, 5) is 0.603. The number of halogens is 3. The van der Waals surface area contributed by atoms with Crippen molar-refractivity contribution in [1.82, 2.24) is 0 Å². The number of hydrogen-bond acceptors (Lipinski definition) is 1. The van der Waals surface area contributed by atoms with E-state index >= 15 is 0 Å². The Bertz CT molecular complexity index is 356. The van der Waals surface area contributed by atoms with Crippen LogP contribution in [-0.4, -0.2) is 16.3 Å². The largest absolute Gasteiger partial charge is 0.206 e. The average Bonchev–Trinajstić information content (AvgIpc) is 2.59. The van der Waals surface area contributed by atoms with Gasteiger partial charge in [-0.05, 0) is 51.7 Å². The second kappa shape index (κ2) is 5.19. The Kier molecular flexibility index (Phi) is 4.13. The van der Waals surface area contributed by atoms with Gasteiger partial charge in [-0.3, -0.25) is 0 Å². The fourth-order valence-electron chi connectivity index (χ4n) is 1.73. The van der Waals surface area contributed by atoms with Crippen molar-refractivity contribution in [2.45, 2.75) is 11.2 Å². The van der Waals surface area contributed by atoms with Crippen molar-refractivity contribution >= 4 is 43.6 Å². The molecule has 0 radical (unpaired) electrons. The van der Waals surface area contributed by atoms with E-state index in [4.69, 9.17) is 0 Å². The van der Waals surface area contributed by atoms with Gasteiger partial charge < -0.3 is 0 Å². The second-order valence-corrected chi connectivity index (χ2v) is 6.87. The highest BCUT2D eigenvalue weighted by molar-refractivity contribution is 9.10. The molecule has 4 heteroatoms. The van der Waals surface area contributed by atoms with Crippen LogP contribution in [0, 0.1) is 11.7 Å². The predicted molar refractivity (Wildman–Crippen MR) is 71.3 cm³/mol. The molecule has 1 aliphatic rings. The van der Waals surface area contributed by atoms with E-state index in [0.717, 1.165) is 6.42 Å². The van der Waals surface area contributed by atoms with Crippen molar-refractivity contribution in [2.24, 2.45) is 5.92 Å². The molecule has 2 atom stereocenters. The number of thioether (sulfide) groups is 1. The molecule has 2 rings (SSSR count). The molecule has 0 spiro atoms. The van der Waals surface area contributed by atoms with Crippen LogP contribution < -0.4 is 0 Å². The quantitative estimate of drug-likeness (QED) is 0.716. The van der Waals surface area contributed by atoms with Gasteiger partial charge >= 0.3 is 0 Å². The molecule has 1 heterocycles. The van der Waals surface area contributed by atoms with Crippen LogP contribution in [0.2, 0.25) is 0 Å². The Morgan fingerprint density at radius 1 is 1.40 bits per heavy atom. The van der Waals surface area contributed by atoms with Gasteiger partial charge in [-0.2, -0.15) is 11.8 Å². The lowest BCUT2D eigenvalue weighted by Crippen LogP contribution is -2.14. The van der Waals surface area contributed by atoms with Crippen LogP contribution in [0.1, 0.15) is 5.56 Å². The van der Waals surface area contributed by atoms with E-state index in [-0.39, 0.29) is 5.82 Å². The van der Waals surface area contributed by atoms with Crippen LogP contribution in [0.4, 0.5) is 4.39 Å². The average molecular weight is 354 g/mol. The monoisotopic (exact) mass is 352 g/mol. The topological polar surface area (TPSA) is 0 Å². The molecule has 0 saturated carbocycles. The zero-order valence-electron chi connectivity index (χ0n) is 8.05. The van der Waals surface area contributed by atoms with E-state index < -0.39 is 0 Å². The summed E-state index contributed by atoms with van der Waals surface area (Å²) in [6, 6.07) is 5.30. The first kappa shape index (κ1) is 11.9. The van der Waals surface area contributed by atoms with Gasteiger partial charge in [0, 0.05) is 10.6 Å². The van der Waals surface area contributed by atoms with Gasteiger partial charge in [0.05, 0.1) is 4.47 Å². The van der Waals surface area contributed by atoms with Crippen molar-refractivity contribution in [2.75, 3.05) is 11.5 Å². The van der Waals surface area contributed by atoms with Gasteiger partial charge in [-0.15, -0.1) is 0 Å². The minimum Gasteiger partial charge on any atom is -0.206 e. The van der Waals surface area contributed by atoms with Gasteiger partial charge in [0.25, 0.3) is 0 Å². The summed E-state index contributed by atoms with van der Waals surface area (Å²) < 4.78 is 13.6. The number of hydrogen-bond donors (Lipinski definition) is 0. The third-order valence-electron chi connectivity index (χ3n) is 2.60. The molecule has 0 bridgehead atoms. The van der Waals surface area contributed by atoms with E-state index in [0.29, 0.717) is 15.2 Å². The molecule has 2 unspecified atom stereocenters. The SMILES string of the molecule is Fc1ccc(CC2CSCC2Br)cc1Br. The zero-order valence-corrected chi connectivity index (χ0v) is 12.0. The van der Waals surface area contributed by atoms with E-state index in [9.17, 15) is 4.39 Å². The van der Waals surface area contributed by atoms with E-state index in [1.807, 2.05) is 23.9 Å². The van der Waals surface area contributed by atoms with E-state index in [2.05, 4.69) is 31.9 Å². The summed E-state index contributed by atoms with van der Waals surface area (Å²) >= 11 is 8.89. The fraction of sp³-hybridized carbons (Fsp3) is 0.455. The Labute approximate surface area is 110 Å². The molecule has 1 saturated heterocycles. The molecule has 15 heavy (non-hydrogen) atoms. The lowest BCUT2D eigenvalue weighted by atomic mass is 9.99. The van der Waals surface area contributed by atoms with Crippen LogP contribution in [-0.2, 0) is 6.42 Å². The first-order valence-corrected chi connectivity index (χ1v) is 7.69. The Morgan fingerprint density at radius 2 is 2.20 bits per heavy atom. The fourth-order valence-corrected chi connectivity index (χ4v) is 4.62. The number of benzene rings is 1. The molecule has 0 aliphatic carbocycles. The molecule has 1 aliphatic heterocycles. The van der Waals surface area contributed by atoms with Crippen LogP contribution in [0.3, 0.4) is 0 Å². The van der Waals surface area contributed by atoms with Crippen LogP contribution in [0.25, 0.3) is 0 Å². The molecular weight excluding hydrogens is 343 g/mol. The van der Waals surface area contributed by atoms with Crippen molar-refractivity contribution in [3.05, 3.63) is 34.1 Å². The first-order chi connectivity index (χ1) is 7.16. The minimum absolute atomic E-state index is 0.185. The highest BCUT2D eigenvalue weighted by Crippen LogP contribution is 2.32. The Hall–Kier alpha value is 0.460. The predicted octanol–water partition coefficient (Wildman–Crippen LogP) is 4.26. The molecule has 1 aromatic rings. The van der Waals surface area contributed by atoms with Gasteiger partial charge in [0.2, 0.25) is 0 Å². The summed E-state index contributed by atoms with van der Waals surface area (Å²) in [5.41, 5.74) is 1.21. The molecule has 0 N–H and O–H groups in total. The molecule has 1 fully saturated rings. The highest BCUT2D eigenvalue weighted by atomic mass is 79.9. The van der Waals surface area contributed by atoms with Gasteiger partial charge in [-0.1, -0.05) is 22.0 Å². The highest BCUT2D eigenvalue weighted by Gasteiger charge is 2.25. The maximum atomic E-state index is 13.0. The number of alkyl halides is 1. The first-order valence-electron chi connectivity index (χ1n) is 4.82. The smallest absolute Gasteiger partial charge is 0.137 e. The summed E-state index contributed by atoms with van der Waals surface area (Å²) in [6.07, 6.45) is 1.03. The maximum absolute atomic E-state index is 13.0. The lowest BCUT2D eigenvalue weighted by Gasteiger charge is -2.13. The van der Waals surface area contributed by atoms with Crippen LogP contribution in [0.5, 0.6) is 0 Å². The summed E-state index contributed by atoms with van der Waals surface area (Å²) in [6.45, 7) is 0. The molecule has 1 aromatic carbocycles. The van der Waals surface area contributed by atoms with Gasteiger partial charge in [0.15, 0.2) is 0 Å². The van der Waals surface area contributed by atoms with Crippen LogP contribution in [0.15, 0.2) is 22.7 Å². The van der Waals surface area contributed by atoms with Crippen LogP contribution >= 0.6 is 43.6 Å². The third kappa shape index (κ3) is 2.98. The third-order valence-corrected chi connectivity index (χ3v) is 5.97. The standard InChI is InChI=1S/C11H11Br2FS/c12-9-4-7(1-2-11(9)14)3-8-5-15-6-10(8)13/h1-2,4,8,10H,3,5-6H2. The van der Waals surface area contributed by atoms with Gasteiger partial charge in [-0.25, -0.2) is 4.39 Å². The normalized spacial score (nSPS) is 25.8. The van der Waals surface area contributed by atoms with E-state index in [1.54, 1.807) is 0 Å². The van der Waals surface area contributed by atoms with Crippen molar-refractivity contribution < 1.29 is 4.39 Å². The molecule has 0 amide bonds.